The van der Waals surface area contributed by atoms with Crippen molar-refractivity contribution in [2.75, 3.05) is 19.7 Å². The van der Waals surface area contributed by atoms with Crippen LogP contribution in [0.4, 0.5) is 0 Å². The van der Waals surface area contributed by atoms with E-state index in [4.69, 9.17) is 4.74 Å². The number of hydrogen-bond donors (Lipinski definition) is 1. The van der Waals surface area contributed by atoms with E-state index in [-0.39, 0.29) is 11.8 Å². The molecule has 1 aromatic heterocycles. The van der Waals surface area contributed by atoms with Gasteiger partial charge in [-0.15, -0.1) is 11.3 Å². The molecule has 30 heavy (non-hydrogen) atoms. The fourth-order valence-corrected chi connectivity index (χ4v) is 4.77. The Morgan fingerprint density at radius 3 is 2.83 bits per heavy atom. The maximum atomic E-state index is 13.1. The summed E-state index contributed by atoms with van der Waals surface area (Å²) in [6, 6.07) is 14.8. The van der Waals surface area contributed by atoms with Crippen LogP contribution in [0.1, 0.15) is 35.1 Å². The molecule has 2 heterocycles. The summed E-state index contributed by atoms with van der Waals surface area (Å²) in [4.78, 5) is 32.2. The van der Waals surface area contributed by atoms with Gasteiger partial charge >= 0.3 is 0 Å². The van der Waals surface area contributed by atoms with Gasteiger partial charge in [0.2, 0.25) is 5.91 Å². The van der Waals surface area contributed by atoms with E-state index in [9.17, 15) is 9.59 Å². The summed E-state index contributed by atoms with van der Waals surface area (Å²) < 4.78 is 6.75. The molecule has 1 atom stereocenters. The molecule has 2 aromatic carbocycles. The van der Waals surface area contributed by atoms with Crippen LogP contribution in [0.3, 0.4) is 0 Å². The number of nitrogens with zero attached hydrogens (tertiary/aromatic N) is 2. The molecule has 0 aliphatic carbocycles. The Morgan fingerprint density at radius 2 is 2.00 bits per heavy atom. The quantitative estimate of drug-likeness (QED) is 0.630. The second kappa shape index (κ2) is 9.26. The van der Waals surface area contributed by atoms with E-state index < -0.39 is 6.04 Å². The van der Waals surface area contributed by atoms with E-state index in [0.29, 0.717) is 43.9 Å². The first-order valence-corrected chi connectivity index (χ1v) is 11.1. The van der Waals surface area contributed by atoms with Crippen LogP contribution >= 0.6 is 11.3 Å². The molecule has 2 amide bonds. The number of nitrogens with one attached hydrogen (secondary N) is 1. The molecule has 0 bridgehead atoms. The van der Waals surface area contributed by atoms with Crippen molar-refractivity contribution < 1.29 is 14.3 Å². The first-order chi connectivity index (χ1) is 14.7. The van der Waals surface area contributed by atoms with Crippen LogP contribution in [0.25, 0.3) is 10.2 Å². The van der Waals surface area contributed by atoms with E-state index in [1.807, 2.05) is 37.3 Å². The van der Waals surface area contributed by atoms with Crippen LogP contribution in [0, 0.1) is 0 Å². The number of carbonyl (C=O) groups excluding carboxylic acids is 2. The molecule has 7 heteroatoms. The minimum atomic E-state index is -0.442. The van der Waals surface area contributed by atoms with Gasteiger partial charge in [0.05, 0.1) is 27.4 Å². The summed E-state index contributed by atoms with van der Waals surface area (Å²) in [5.74, 6) is 0.311. The van der Waals surface area contributed by atoms with E-state index in [1.54, 1.807) is 28.4 Å². The maximum absolute atomic E-state index is 13.1. The summed E-state index contributed by atoms with van der Waals surface area (Å²) in [5, 5.41) is 4.00. The monoisotopic (exact) mass is 423 g/mol. The van der Waals surface area contributed by atoms with Crippen LogP contribution in [-0.2, 0) is 11.2 Å². The van der Waals surface area contributed by atoms with E-state index in [1.165, 1.54) is 0 Å². The number of ether oxygens (including phenoxy) is 1. The summed E-state index contributed by atoms with van der Waals surface area (Å²) in [5.41, 5.74) is 1.50. The highest BCUT2D eigenvalue weighted by Crippen LogP contribution is 2.26. The lowest BCUT2D eigenvalue weighted by molar-refractivity contribution is -0.124. The van der Waals surface area contributed by atoms with Crippen molar-refractivity contribution in [3.63, 3.8) is 0 Å². The fraction of sp³-hybridized carbons (Fsp3) is 0.348. The van der Waals surface area contributed by atoms with Crippen LogP contribution < -0.4 is 10.1 Å². The highest BCUT2D eigenvalue weighted by molar-refractivity contribution is 7.18. The Kier molecular flexibility index (Phi) is 6.28. The highest BCUT2D eigenvalue weighted by atomic mass is 32.1. The molecule has 0 saturated carbocycles. The van der Waals surface area contributed by atoms with Crippen LogP contribution in [0.2, 0.25) is 0 Å². The van der Waals surface area contributed by atoms with Crippen LogP contribution in [0.5, 0.6) is 5.75 Å². The van der Waals surface area contributed by atoms with Gasteiger partial charge in [-0.2, -0.15) is 0 Å². The minimum absolute atomic E-state index is 0.101. The summed E-state index contributed by atoms with van der Waals surface area (Å²) >= 11 is 1.65. The van der Waals surface area contributed by atoms with Crippen molar-refractivity contribution in [3.8, 4) is 5.75 Å². The van der Waals surface area contributed by atoms with Gasteiger partial charge in [-0.1, -0.05) is 24.3 Å². The molecule has 0 radical (unpaired) electrons. The molecule has 3 aromatic rings. The van der Waals surface area contributed by atoms with Gasteiger partial charge in [0.15, 0.2) is 0 Å². The number of thiazole rings is 1. The molecule has 6 nitrogen and oxygen atoms in total. The number of benzene rings is 2. The second-order valence-electron chi connectivity index (χ2n) is 7.20. The minimum Gasteiger partial charge on any atom is -0.493 e. The van der Waals surface area contributed by atoms with E-state index in [0.717, 1.165) is 21.6 Å². The molecular formula is C23H25N3O3S. The highest BCUT2D eigenvalue weighted by Gasteiger charge is 2.35. The zero-order valence-corrected chi connectivity index (χ0v) is 17.8. The van der Waals surface area contributed by atoms with Gasteiger partial charge in [0.1, 0.15) is 11.8 Å². The average molecular weight is 424 g/mol. The van der Waals surface area contributed by atoms with Crippen molar-refractivity contribution in [3.05, 3.63) is 59.1 Å². The molecular weight excluding hydrogens is 398 g/mol. The number of para-hydroxylation sites is 2. The predicted molar refractivity (Wildman–Crippen MR) is 118 cm³/mol. The maximum Gasteiger partial charge on any atom is 0.258 e. The Bertz CT molecular complexity index is 1020. The van der Waals surface area contributed by atoms with Gasteiger partial charge in [-0.3, -0.25) is 9.59 Å². The van der Waals surface area contributed by atoms with Crippen molar-refractivity contribution in [2.45, 2.75) is 32.2 Å². The molecule has 1 fully saturated rings. The first kappa shape index (κ1) is 20.3. The first-order valence-electron chi connectivity index (χ1n) is 10.3. The Labute approximate surface area is 179 Å². The Balaban J connectivity index is 1.38. The smallest absolute Gasteiger partial charge is 0.258 e. The molecule has 4 rings (SSSR count). The lowest BCUT2D eigenvalue weighted by Gasteiger charge is -2.24. The standard InChI is InChI=1S/C23H25N3O3S/c1-2-29-19-11-5-3-8-16(19)23(28)26-15-7-10-18(26)22(27)24-14-13-21-25-17-9-4-6-12-20(17)30-21/h3-6,8-9,11-12,18H,2,7,10,13-15H2,1H3,(H,24,27). The normalized spacial score (nSPS) is 16.0. The molecule has 156 valence electrons. The largest absolute Gasteiger partial charge is 0.493 e. The van der Waals surface area contributed by atoms with E-state index >= 15 is 0 Å². The summed E-state index contributed by atoms with van der Waals surface area (Å²) in [6.45, 7) is 3.46. The molecule has 1 unspecified atom stereocenters. The second-order valence-corrected chi connectivity index (χ2v) is 8.32. The number of rotatable bonds is 7. The Hall–Kier alpha value is -2.93. The number of amides is 2. The Morgan fingerprint density at radius 1 is 1.20 bits per heavy atom. The summed E-state index contributed by atoms with van der Waals surface area (Å²) in [7, 11) is 0. The number of hydrogen-bond acceptors (Lipinski definition) is 5. The topological polar surface area (TPSA) is 71.5 Å². The molecule has 0 spiro atoms. The SMILES string of the molecule is CCOc1ccccc1C(=O)N1CCCC1C(=O)NCCc1nc2ccccc2s1. The van der Waals surface area contributed by atoms with Crippen molar-refractivity contribution in [1.82, 2.24) is 15.2 Å². The van der Waals surface area contributed by atoms with Gasteiger partial charge in [0, 0.05) is 19.5 Å². The lowest BCUT2D eigenvalue weighted by Crippen LogP contribution is -2.46. The van der Waals surface area contributed by atoms with Gasteiger partial charge in [-0.05, 0) is 44.0 Å². The lowest BCUT2D eigenvalue weighted by atomic mass is 10.1. The van der Waals surface area contributed by atoms with Crippen LogP contribution in [0.15, 0.2) is 48.5 Å². The van der Waals surface area contributed by atoms with Crippen molar-refractivity contribution in [2.24, 2.45) is 0 Å². The van der Waals surface area contributed by atoms with Crippen molar-refractivity contribution >= 4 is 33.4 Å². The van der Waals surface area contributed by atoms with Crippen molar-refractivity contribution in [1.29, 1.82) is 0 Å². The molecule has 1 N–H and O–H groups in total. The molecule has 1 aliphatic heterocycles. The fourth-order valence-electron chi connectivity index (χ4n) is 3.80. The van der Waals surface area contributed by atoms with Gasteiger partial charge < -0.3 is 15.0 Å². The third kappa shape index (κ3) is 4.31. The number of carbonyl (C=O) groups is 2. The molecule has 1 aliphatic rings. The zero-order chi connectivity index (χ0) is 20.9. The van der Waals surface area contributed by atoms with E-state index in [2.05, 4.69) is 16.4 Å². The van der Waals surface area contributed by atoms with Crippen LogP contribution in [-0.4, -0.2) is 47.4 Å². The third-order valence-corrected chi connectivity index (χ3v) is 6.31. The number of aromatic nitrogens is 1. The van der Waals surface area contributed by atoms with Gasteiger partial charge in [0.25, 0.3) is 5.91 Å². The zero-order valence-electron chi connectivity index (χ0n) is 17.0. The molecule has 1 saturated heterocycles. The number of likely N-dealkylation sites (tertiary alicyclic amines) is 1. The summed E-state index contributed by atoms with van der Waals surface area (Å²) in [6.07, 6.45) is 2.17. The number of fused-ring (bicyclic) bond motifs is 1. The van der Waals surface area contributed by atoms with Gasteiger partial charge in [-0.25, -0.2) is 4.98 Å². The third-order valence-electron chi connectivity index (χ3n) is 5.21. The predicted octanol–water partition coefficient (Wildman–Crippen LogP) is 3.66. The average Bonchev–Trinajstić information content (AvgIpc) is 3.40.